The SMILES string of the molecule is CC(C)(C)C(=O)OC[C@]12C=CC(=O)C[C@H]1N1CCCC/C=C\[C@H]1C2. The van der Waals surface area contributed by atoms with Gasteiger partial charge in [0.1, 0.15) is 6.61 Å². The summed E-state index contributed by atoms with van der Waals surface area (Å²) in [5, 5.41) is 0. The molecule has 0 saturated carbocycles. The molecule has 0 aromatic rings. The first-order chi connectivity index (χ1) is 11.3. The second kappa shape index (κ2) is 6.47. The molecule has 0 aromatic heterocycles. The molecule has 132 valence electrons. The Labute approximate surface area is 144 Å². The monoisotopic (exact) mass is 331 g/mol. The molecular weight excluding hydrogens is 302 g/mol. The Morgan fingerprint density at radius 3 is 2.92 bits per heavy atom. The molecule has 3 atom stereocenters. The Kier molecular flexibility index (Phi) is 4.69. The fourth-order valence-electron chi connectivity index (χ4n) is 4.15. The Bertz CT molecular complexity index is 572. The predicted octanol–water partition coefficient (Wildman–Crippen LogP) is 3.27. The van der Waals surface area contributed by atoms with Crippen molar-refractivity contribution < 1.29 is 14.3 Å². The number of rotatable bonds is 2. The van der Waals surface area contributed by atoms with Crippen LogP contribution in [0.4, 0.5) is 0 Å². The van der Waals surface area contributed by atoms with Crippen molar-refractivity contribution in [1.82, 2.24) is 4.90 Å². The van der Waals surface area contributed by atoms with Gasteiger partial charge >= 0.3 is 5.97 Å². The number of hydrogen-bond donors (Lipinski definition) is 0. The van der Waals surface area contributed by atoms with E-state index in [2.05, 4.69) is 17.1 Å². The van der Waals surface area contributed by atoms with Crippen LogP contribution in [0.25, 0.3) is 0 Å². The molecule has 4 nitrogen and oxygen atoms in total. The van der Waals surface area contributed by atoms with Gasteiger partial charge in [0.05, 0.1) is 5.41 Å². The van der Waals surface area contributed by atoms with E-state index in [1.807, 2.05) is 26.8 Å². The number of carbonyl (C=O) groups is 2. The molecule has 0 N–H and O–H groups in total. The minimum atomic E-state index is -0.499. The highest BCUT2D eigenvalue weighted by atomic mass is 16.5. The van der Waals surface area contributed by atoms with Gasteiger partial charge in [-0.15, -0.1) is 0 Å². The molecule has 2 heterocycles. The molecule has 0 bridgehead atoms. The molecule has 4 heteroatoms. The summed E-state index contributed by atoms with van der Waals surface area (Å²) in [6.07, 6.45) is 13.2. The second-order valence-corrected chi connectivity index (χ2v) is 8.51. The van der Waals surface area contributed by atoms with Crippen molar-refractivity contribution in [3.63, 3.8) is 0 Å². The number of ketones is 1. The van der Waals surface area contributed by atoms with Crippen LogP contribution in [0.3, 0.4) is 0 Å². The summed E-state index contributed by atoms with van der Waals surface area (Å²) in [4.78, 5) is 26.7. The van der Waals surface area contributed by atoms with Crippen molar-refractivity contribution in [2.24, 2.45) is 10.8 Å². The van der Waals surface area contributed by atoms with Gasteiger partial charge in [0, 0.05) is 23.9 Å². The third-order valence-corrected chi connectivity index (χ3v) is 5.55. The molecule has 24 heavy (non-hydrogen) atoms. The van der Waals surface area contributed by atoms with Crippen LogP contribution in [-0.4, -0.2) is 41.9 Å². The highest BCUT2D eigenvalue weighted by molar-refractivity contribution is 5.91. The first-order valence-electron chi connectivity index (χ1n) is 9.14. The number of fused-ring (bicyclic) bond motifs is 3. The van der Waals surface area contributed by atoms with Gasteiger partial charge in [-0.05, 0) is 59.1 Å². The minimum Gasteiger partial charge on any atom is -0.464 e. The molecule has 0 unspecified atom stereocenters. The standard InChI is InChI=1S/C20H29NO3/c1-19(2,3)18(23)24-14-20-10-9-16(22)12-17(20)21-11-7-5-4-6-8-15(21)13-20/h6,8-10,15,17H,4-5,7,11-14H2,1-3H3/b8-6-/t15-,17+,20+/m0/s1. The van der Waals surface area contributed by atoms with Gasteiger partial charge in [-0.2, -0.15) is 0 Å². The Hall–Kier alpha value is -1.42. The number of carbonyl (C=O) groups excluding carboxylic acids is 2. The van der Waals surface area contributed by atoms with Gasteiger partial charge in [-0.25, -0.2) is 0 Å². The maximum Gasteiger partial charge on any atom is 0.311 e. The van der Waals surface area contributed by atoms with E-state index in [1.54, 1.807) is 6.08 Å². The molecule has 3 aliphatic rings. The van der Waals surface area contributed by atoms with E-state index >= 15 is 0 Å². The normalized spacial score (nSPS) is 34.9. The summed E-state index contributed by atoms with van der Waals surface area (Å²) in [7, 11) is 0. The number of ether oxygens (including phenoxy) is 1. The maximum atomic E-state index is 12.2. The number of hydrogen-bond acceptors (Lipinski definition) is 4. The Morgan fingerprint density at radius 2 is 2.17 bits per heavy atom. The molecule has 2 aliphatic heterocycles. The molecule has 0 spiro atoms. The van der Waals surface area contributed by atoms with Crippen molar-refractivity contribution in [3.8, 4) is 0 Å². The average molecular weight is 331 g/mol. The summed E-state index contributed by atoms with van der Waals surface area (Å²) in [6, 6.07) is 0.495. The average Bonchev–Trinajstić information content (AvgIpc) is 2.77. The zero-order valence-corrected chi connectivity index (χ0v) is 15.1. The third kappa shape index (κ3) is 3.34. The Morgan fingerprint density at radius 1 is 1.38 bits per heavy atom. The molecule has 0 radical (unpaired) electrons. The van der Waals surface area contributed by atoms with Crippen molar-refractivity contribution in [2.45, 2.75) is 65.0 Å². The zero-order valence-electron chi connectivity index (χ0n) is 15.1. The molecule has 1 aliphatic carbocycles. The van der Waals surface area contributed by atoms with Gasteiger partial charge in [-0.1, -0.05) is 18.2 Å². The van der Waals surface area contributed by atoms with E-state index in [-0.39, 0.29) is 23.2 Å². The smallest absolute Gasteiger partial charge is 0.311 e. The lowest BCUT2D eigenvalue weighted by molar-refractivity contribution is -0.156. The summed E-state index contributed by atoms with van der Waals surface area (Å²) in [5.41, 5.74) is -0.727. The molecule has 0 aromatic carbocycles. The lowest BCUT2D eigenvalue weighted by Gasteiger charge is -2.38. The summed E-state index contributed by atoms with van der Waals surface area (Å²) in [6.45, 7) is 7.02. The summed E-state index contributed by atoms with van der Waals surface area (Å²) < 4.78 is 5.70. The highest BCUT2D eigenvalue weighted by Gasteiger charge is 2.52. The molecule has 1 fully saturated rings. The van der Waals surface area contributed by atoms with Crippen LogP contribution in [0.1, 0.15) is 52.9 Å². The number of allylic oxidation sites excluding steroid dienone is 2. The van der Waals surface area contributed by atoms with Crippen molar-refractivity contribution in [3.05, 3.63) is 24.3 Å². The van der Waals surface area contributed by atoms with Gasteiger partial charge < -0.3 is 4.74 Å². The van der Waals surface area contributed by atoms with Crippen LogP contribution >= 0.6 is 0 Å². The zero-order chi connectivity index (χ0) is 17.4. The van der Waals surface area contributed by atoms with Crippen molar-refractivity contribution in [1.29, 1.82) is 0 Å². The van der Waals surface area contributed by atoms with E-state index in [4.69, 9.17) is 4.74 Å². The van der Waals surface area contributed by atoms with Gasteiger partial charge in [0.25, 0.3) is 0 Å². The largest absolute Gasteiger partial charge is 0.464 e. The fourth-order valence-corrected chi connectivity index (χ4v) is 4.15. The maximum absolute atomic E-state index is 12.2. The molecular formula is C20H29NO3. The van der Waals surface area contributed by atoms with E-state index < -0.39 is 5.41 Å². The first kappa shape index (κ1) is 17.4. The van der Waals surface area contributed by atoms with Gasteiger partial charge in [-0.3, -0.25) is 14.5 Å². The van der Waals surface area contributed by atoms with Crippen LogP contribution in [-0.2, 0) is 14.3 Å². The molecule has 3 rings (SSSR count). The topological polar surface area (TPSA) is 46.6 Å². The Balaban J connectivity index is 1.84. The van der Waals surface area contributed by atoms with E-state index in [1.165, 1.54) is 6.42 Å². The summed E-state index contributed by atoms with van der Waals surface area (Å²) in [5.74, 6) is 0.0141. The number of esters is 1. The third-order valence-electron chi connectivity index (χ3n) is 5.55. The van der Waals surface area contributed by atoms with E-state index in [0.29, 0.717) is 19.1 Å². The van der Waals surface area contributed by atoms with Crippen LogP contribution in [0, 0.1) is 10.8 Å². The minimum absolute atomic E-state index is 0.149. The lowest BCUT2D eigenvalue weighted by atomic mass is 9.74. The van der Waals surface area contributed by atoms with Crippen molar-refractivity contribution >= 4 is 11.8 Å². The molecule has 1 saturated heterocycles. The fraction of sp³-hybridized carbons (Fsp3) is 0.700. The second-order valence-electron chi connectivity index (χ2n) is 8.51. The van der Waals surface area contributed by atoms with Gasteiger partial charge in [0.2, 0.25) is 0 Å². The molecule has 0 amide bonds. The van der Waals surface area contributed by atoms with Crippen molar-refractivity contribution in [2.75, 3.05) is 13.2 Å². The van der Waals surface area contributed by atoms with Crippen LogP contribution in [0.15, 0.2) is 24.3 Å². The van der Waals surface area contributed by atoms with E-state index in [9.17, 15) is 9.59 Å². The van der Waals surface area contributed by atoms with Gasteiger partial charge in [0.15, 0.2) is 5.78 Å². The first-order valence-corrected chi connectivity index (χ1v) is 9.14. The number of nitrogens with zero attached hydrogens (tertiary/aromatic N) is 1. The quantitative estimate of drug-likeness (QED) is 0.575. The highest BCUT2D eigenvalue weighted by Crippen LogP contribution is 2.47. The van der Waals surface area contributed by atoms with Crippen LogP contribution in [0.5, 0.6) is 0 Å². The van der Waals surface area contributed by atoms with Crippen LogP contribution < -0.4 is 0 Å². The van der Waals surface area contributed by atoms with Crippen LogP contribution in [0.2, 0.25) is 0 Å². The predicted molar refractivity (Wildman–Crippen MR) is 93.5 cm³/mol. The van der Waals surface area contributed by atoms with E-state index in [0.717, 1.165) is 25.8 Å². The summed E-state index contributed by atoms with van der Waals surface area (Å²) >= 11 is 0. The lowest BCUT2D eigenvalue weighted by Crippen LogP contribution is -2.46.